The molecule has 2 radical (unpaired) electrons. The molecule has 7 nitrogen and oxygen atoms in total. The minimum absolute atomic E-state index is 0. The standard InChI is InChI=1S/C20H38O7S.2C4H9.Na.Sn.H/c1-5-9-11-16(7-3)14-26-19(21)13-18(28(23,24)25)20(22)27-15-17(8-4)12-10-6-2;2*1-3-4-2;;;/h16-18H,5-15H2,1-4H3,(H,23,24,25);2*1,3-4H2,2H3;;;. The van der Waals surface area contributed by atoms with Crippen molar-refractivity contribution in [3.8, 4) is 0 Å². The van der Waals surface area contributed by atoms with Crippen molar-refractivity contribution in [2.45, 2.75) is 139 Å². The summed E-state index contributed by atoms with van der Waals surface area (Å²) in [4.78, 5) is 24.2. The molecule has 0 fully saturated rings. The van der Waals surface area contributed by atoms with E-state index >= 15 is 0 Å². The first-order chi connectivity index (χ1) is 17.6. The quantitative estimate of drug-likeness (QED) is 0.0593. The second-order valence-electron chi connectivity index (χ2n) is 9.81. The summed E-state index contributed by atoms with van der Waals surface area (Å²) in [6.07, 6.45) is 12.6. The molecule has 0 aromatic carbocycles. The van der Waals surface area contributed by atoms with Crippen LogP contribution in [0.15, 0.2) is 0 Å². The van der Waals surface area contributed by atoms with Gasteiger partial charge in [-0.1, -0.05) is 66.2 Å². The van der Waals surface area contributed by atoms with E-state index in [2.05, 4.69) is 27.7 Å². The van der Waals surface area contributed by atoms with Crippen molar-refractivity contribution >= 4 is 72.8 Å². The van der Waals surface area contributed by atoms with Gasteiger partial charge in [-0.15, -0.1) is 0 Å². The average Bonchev–Trinajstić information content (AvgIpc) is 2.87. The zero-order valence-corrected chi connectivity index (χ0v) is 28.2. The van der Waals surface area contributed by atoms with Gasteiger partial charge in [-0.25, -0.2) is 0 Å². The van der Waals surface area contributed by atoms with Crippen molar-refractivity contribution in [3.63, 3.8) is 0 Å². The van der Waals surface area contributed by atoms with Crippen molar-refractivity contribution in [1.29, 1.82) is 0 Å². The summed E-state index contributed by atoms with van der Waals surface area (Å²) < 4.78 is 46.0. The second-order valence-corrected chi connectivity index (χ2v) is 15.7. The molecule has 0 rings (SSSR count). The Kier molecular flexibility index (Phi) is 33.1. The molecule has 1 N–H and O–H groups in total. The van der Waals surface area contributed by atoms with Crippen LogP contribution in [0.1, 0.15) is 125 Å². The molecule has 10 heteroatoms. The van der Waals surface area contributed by atoms with Gasteiger partial charge < -0.3 is 9.47 Å². The summed E-state index contributed by atoms with van der Waals surface area (Å²) in [5.74, 6) is -1.61. The fourth-order valence-electron chi connectivity index (χ4n) is 3.55. The molecule has 0 amide bonds. The molecule has 3 atom stereocenters. The maximum atomic E-state index is 12.2. The zero-order valence-electron chi connectivity index (χ0n) is 24.6. The number of ether oxygens (including phenoxy) is 2. The zero-order chi connectivity index (χ0) is 28.5. The third kappa shape index (κ3) is 25.6. The third-order valence-corrected chi connectivity index (χ3v) is 11.5. The van der Waals surface area contributed by atoms with Crippen LogP contribution in [0.4, 0.5) is 0 Å². The molecule has 0 aromatic heterocycles. The fourth-order valence-corrected chi connectivity index (χ4v) is 8.37. The maximum absolute atomic E-state index is 12.2. The van der Waals surface area contributed by atoms with Crippen LogP contribution in [-0.2, 0) is 29.2 Å². The fraction of sp³-hybridized carbons (Fsp3) is 0.929. The van der Waals surface area contributed by atoms with Crippen LogP contribution in [0.25, 0.3) is 0 Å². The molecule has 0 aliphatic rings. The van der Waals surface area contributed by atoms with E-state index in [1.807, 2.05) is 13.8 Å². The van der Waals surface area contributed by atoms with Crippen LogP contribution in [0, 0.1) is 11.8 Å². The molecule has 0 bridgehead atoms. The van der Waals surface area contributed by atoms with Crippen LogP contribution < -0.4 is 0 Å². The number of hydrogen-bond donors (Lipinski definition) is 1. The van der Waals surface area contributed by atoms with Crippen molar-refractivity contribution in [2.24, 2.45) is 11.8 Å². The summed E-state index contributed by atoms with van der Waals surface area (Å²) in [7, 11) is -4.76. The van der Waals surface area contributed by atoms with Gasteiger partial charge in [-0.05, 0) is 24.7 Å². The summed E-state index contributed by atoms with van der Waals surface area (Å²) in [6, 6.07) is 0. The number of carbonyl (C=O) groups is 2. The van der Waals surface area contributed by atoms with Gasteiger partial charge in [-0.2, -0.15) is 8.42 Å². The first-order valence-corrected chi connectivity index (χ1v) is 20.1. The molecule has 0 aromatic rings. The Morgan fingerprint density at radius 3 is 1.53 bits per heavy atom. The van der Waals surface area contributed by atoms with E-state index in [4.69, 9.17) is 9.47 Å². The monoisotopic (exact) mass is 680 g/mol. The van der Waals surface area contributed by atoms with E-state index in [-0.39, 0.29) is 75.7 Å². The van der Waals surface area contributed by atoms with Gasteiger partial charge in [-0.3, -0.25) is 14.1 Å². The van der Waals surface area contributed by atoms with Gasteiger partial charge in [0.25, 0.3) is 10.1 Å². The second kappa shape index (κ2) is 29.2. The molecule has 222 valence electrons. The molecule has 0 aliphatic heterocycles. The van der Waals surface area contributed by atoms with E-state index in [0.717, 1.165) is 51.4 Å². The minimum atomic E-state index is -4.76. The molecule has 0 aliphatic carbocycles. The molecule has 3 unspecified atom stereocenters. The van der Waals surface area contributed by atoms with Crippen LogP contribution in [0.3, 0.4) is 0 Å². The van der Waals surface area contributed by atoms with E-state index in [9.17, 15) is 22.6 Å². The molecular weight excluding hydrogens is 622 g/mol. The summed E-state index contributed by atoms with van der Waals surface area (Å²) in [6.45, 7) is 12.9. The van der Waals surface area contributed by atoms with Gasteiger partial charge >= 0.3 is 111 Å². The molecular formula is C28H57NaO7SSn. The van der Waals surface area contributed by atoms with Gasteiger partial charge in [0, 0.05) is 0 Å². The normalized spacial score (nSPS) is 13.3. The first kappa shape index (κ1) is 43.1. The molecule has 0 saturated carbocycles. The Balaban J connectivity index is -0.00000104. The van der Waals surface area contributed by atoms with E-state index in [1.54, 1.807) is 8.87 Å². The number of rotatable bonds is 22. The number of carbonyl (C=O) groups excluding carboxylic acids is 2. The first-order valence-electron chi connectivity index (χ1n) is 14.6. The molecule has 38 heavy (non-hydrogen) atoms. The van der Waals surface area contributed by atoms with Crippen LogP contribution in [0.5, 0.6) is 0 Å². The van der Waals surface area contributed by atoms with Crippen molar-refractivity contribution in [1.82, 2.24) is 0 Å². The van der Waals surface area contributed by atoms with Gasteiger partial charge in [0.15, 0.2) is 5.25 Å². The third-order valence-electron chi connectivity index (χ3n) is 6.42. The van der Waals surface area contributed by atoms with Crippen LogP contribution >= 0.6 is 0 Å². The SMILES string of the molecule is CCCCC(CC)COC(=O)CC(C(=O)OCC(CC)CCCC)S(=O)(=O)O.CCC[CH2][Sn][CH2]CCC.[NaH]. The average molecular weight is 680 g/mol. The van der Waals surface area contributed by atoms with E-state index < -0.39 is 33.7 Å². The Hall–Kier alpha value is 0.649. The van der Waals surface area contributed by atoms with Gasteiger partial charge in [0.1, 0.15) is 0 Å². The Morgan fingerprint density at radius 1 is 0.737 bits per heavy atom. The summed E-state index contributed by atoms with van der Waals surface area (Å²) in [5, 5.41) is -1.95. The predicted octanol–water partition coefficient (Wildman–Crippen LogP) is 6.63. The van der Waals surface area contributed by atoms with Crippen molar-refractivity contribution in [2.75, 3.05) is 13.2 Å². The number of hydrogen-bond acceptors (Lipinski definition) is 6. The van der Waals surface area contributed by atoms with Crippen molar-refractivity contribution in [3.05, 3.63) is 0 Å². The Bertz CT molecular complexity index is 656. The van der Waals surface area contributed by atoms with E-state index in [0.29, 0.717) is 0 Å². The van der Waals surface area contributed by atoms with Crippen LogP contribution in [0.2, 0.25) is 8.87 Å². The van der Waals surface area contributed by atoms with Crippen LogP contribution in [-0.4, -0.2) is 94.1 Å². The topological polar surface area (TPSA) is 107 Å². The molecule has 0 heterocycles. The number of esters is 2. The van der Waals surface area contributed by atoms with Gasteiger partial charge in [0.05, 0.1) is 19.6 Å². The molecule has 0 saturated heterocycles. The number of unbranched alkanes of at least 4 members (excludes halogenated alkanes) is 4. The predicted molar refractivity (Wildman–Crippen MR) is 161 cm³/mol. The Morgan fingerprint density at radius 2 is 1.16 bits per heavy atom. The Labute approximate surface area is 267 Å². The summed E-state index contributed by atoms with van der Waals surface area (Å²) in [5.41, 5.74) is 0. The molecule has 0 spiro atoms. The summed E-state index contributed by atoms with van der Waals surface area (Å²) >= 11 is 0.149. The van der Waals surface area contributed by atoms with E-state index in [1.165, 1.54) is 25.7 Å². The van der Waals surface area contributed by atoms with Gasteiger partial charge in [0.2, 0.25) is 0 Å². The van der Waals surface area contributed by atoms with Crippen molar-refractivity contribution < 1.29 is 32.0 Å².